The van der Waals surface area contributed by atoms with Crippen LogP contribution in [0.15, 0.2) is 64.1 Å². The average molecular weight is 528 g/mol. The van der Waals surface area contributed by atoms with Gasteiger partial charge >= 0.3 is 5.91 Å². The van der Waals surface area contributed by atoms with Gasteiger partial charge < -0.3 is 8.98 Å². The molecular formula is C22H17IN4O4. The zero-order valence-corrected chi connectivity index (χ0v) is 18.8. The molecule has 0 atom stereocenters. The highest BCUT2D eigenvalue weighted by Gasteiger charge is 2.15. The van der Waals surface area contributed by atoms with Gasteiger partial charge in [-0.2, -0.15) is 5.10 Å². The SMILES string of the molecule is Cc1cc(/C=N/NC(=O)c2cc3cc([N+](=O)[O-])ccc3o2)c(C)n1-c1cccc(I)c1. The molecule has 8 nitrogen and oxygen atoms in total. The summed E-state index contributed by atoms with van der Waals surface area (Å²) < 4.78 is 8.73. The fourth-order valence-corrected chi connectivity index (χ4v) is 3.93. The number of benzene rings is 2. The molecule has 0 aliphatic carbocycles. The van der Waals surface area contributed by atoms with Crippen molar-refractivity contribution in [1.29, 1.82) is 0 Å². The van der Waals surface area contributed by atoms with Gasteiger partial charge in [-0.3, -0.25) is 14.9 Å². The van der Waals surface area contributed by atoms with E-state index in [4.69, 9.17) is 4.42 Å². The van der Waals surface area contributed by atoms with Crippen LogP contribution in [0.2, 0.25) is 0 Å². The Morgan fingerprint density at radius 1 is 1.19 bits per heavy atom. The lowest BCUT2D eigenvalue weighted by Gasteiger charge is -2.09. The number of nitrogens with one attached hydrogen (secondary N) is 1. The molecule has 2 heterocycles. The van der Waals surface area contributed by atoms with Crippen LogP contribution in [-0.4, -0.2) is 21.6 Å². The third-order valence-electron chi connectivity index (χ3n) is 4.84. The molecule has 0 saturated carbocycles. The normalized spacial score (nSPS) is 11.3. The van der Waals surface area contributed by atoms with Crippen molar-refractivity contribution in [3.05, 3.63) is 91.0 Å². The molecule has 0 unspecified atom stereocenters. The highest BCUT2D eigenvalue weighted by Crippen LogP contribution is 2.24. The number of furan rings is 1. The van der Waals surface area contributed by atoms with Crippen molar-refractivity contribution in [1.82, 2.24) is 9.99 Å². The van der Waals surface area contributed by atoms with E-state index >= 15 is 0 Å². The lowest BCUT2D eigenvalue weighted by atomic mass is 10.2. The molecule has 0 spiro atoms. The number of hydrazone groups is 1. The van der Waals surface area contributed by atoms with Crippen LogP contribution in [0.5, 0.6) is 0 Å². The van der Waals surface area contributed by atoms with Gasteiger partial charge in [0, 0.05) is 43.7 Å². The number of aryl methyl sites for hydroxylation is 1. The van der Waals surface area contributed by atoms with E-state index < -0.39 is 10.8 Å². The monoisotopic (exact) mass is 528 g/mol. The zero-order valence-electron chi connectivity index (χ0n) is 16.6. The third kappa shape index (κ3) is 4.22. The molecule has 9 heteroatoms. The van der Waals surface area contributed by atoms with Gasteiger partial charge in [-0.05, 0) is 72.8 Å². The lowest BCUT2D eigenvalue weighted by molar-refractivity contribution is -0.384. The largest absolute Gasteiger partial charge is 0.451 e. The van der Waals surface area contributed by atoms with Crippen molar-refractivity contribution >= 4 is 51.4 Å². The second-order valence-electron chi connectivity index (χ2n) is 6.93. The number of carbonyl (C=O) groups is 1. The summed E-state index contributed by atoms with van der Waals surface area (Å²) in [5.41, 5.74) is 6.74. The molecule has 0 aliphatic rings. The summed E-state index contributed by atoms with van der Waals surface area (Å²) >= 11 is 2.28. The van der Waals surface area contributed by atoms with E-state index in [0.29, 0.717) is 11.0 Å². The summed E-state index contributed by atoms with van der Waals surface area (Å²) in [5.74, 6) is -0.515. The minimum Gasteiger partial charge on any atom is -0.451 e. The molecule has 31 heavy (non-hydrogen) atoms. The van der Waals surface area contributed by atoms with Crippen molar-refractivity contribution < 1.29 is 14.1 Å². The maximum Gasteiger partial charge on any atom is 0.307 e. The minimum absolute atomic E-state index is 0.0250. The standard InChI is InChI=1S/C22H17IN4O4/c1-13-8-16(14(2)26(13)18-5-3-4-17(23)11-18)12-24-25-22(28)21-10-15-9-19(27(29)30)6-7-20(15)31-21/h3-12H,1-2H3,(H,25,28)/b24-12+. The number of hydrogen-bond donors (Lipinski definition) is 1. The Bertz CT molecular complexity index is 1350. The Morgan fingerprint density at radius 2 is 2.00 bits per heavy atom. The van der Waals surface area contributed by atoms with E-state index in [-0.39, 0.29) is 11.4 Å². The van der Waals surface area contributed by atoms with Crippen LogP contribution in [0.1, 0.15) is 27.5 Å². The summed E-state index contributed by atoms with van der Waals surface area (Å²) in [5, 5.41) is 15.4. The number of fused-ring (bicyclic) bond motifs is 1. The number of nitro benzene ring substituents is 1. The van der Waals surface area contributed by atoms with E-state index in [1.807, 2.05) is 38.1 Å². The molecule has 2 aromatic heterocycles. The van der Waals surface area contributed by atoms with E-state index in [9.17, 15) is 14.9 Å². The summed E-state index contributed by atoms with van der Waals surface area (Å²) in [6.07, 6.45) is 1.58. The van der Waals surface area contributed by atoms with Gasteiger partial charge in [0.1, 0.15) is 5.58 Å². The van der Waals surface area contributed by atoms with Crippen LogP contribution in [0.25, 0.3) is 16.7 Å². The van der Waals surface area contributed by atoms with Crippen LogP contribution in [-0.2, 0) is 0 Å². The summed E-state index contributed by atoms with van der Waals surface area (Å²) in [7, 11) is 0. The number of carbonyl (C=O) groups excluding carboxylic acids is 1. The molecule has 4 aromatic rings. The van der Waals surface area contributed by atoms with E-state index in [0.717, 1.165) is 26.2 Å². The first-order valence-corrected chi connectivity index (χ1v) is 10.4. The fourth-order valence-electron chi connectivity index (χ4n) is 3.40. The molecule has 156 valence electrons. The van der Waals surface area contributed by atoms with E-state index in [1.54, 1.807) is 6.21 Å². The van der Waals surface area contributed by atoms with Crippen LogP contribution in [0, 0.1) is 27.5 Å². The third-order valence-corrected chi connectivity index (χ3v) is 5.51. The van der Waals surface area contributed by atoms with Gasteiger partial charge in [-0.25, -0.2) is 5.43 Å². The van der Waals surface area contributed by atoms with Gasteiger partial charge in [-0.15, -0.1) is 0 Å². The summed E-state index contributed by atoms with van der Waals surface area (Å²) in [4.78, 5) is 22.8. The van der Waals surface area contributed by atoms with Crippen molar-refractivity contribution in [3.63, 3.8) is 0 Å². The Balaban J connectivity index is 1.52. The molecule has 0 bridgehead atoms. The number of nitrogens with zero attached hydrogens (tertiary/aromatic N) is 3. The Labute approximate surface area is 190 Å². The first kappa shape index (κ1) is 20.8. The van der Waals surface area contributed by atoms with E-state index in [2.05, 4.69) is 43.8 Å². The molecule has 0 fully saturated rings. The topological polar surface area (TPSA) is 103 Å². The van der Waals surface area contributed by atoms with Gasteiger partial charge in [0.05, 0.1) is 11.1 Å². The van der Waals surface area contributed by atoms with Crippen molar-refractivity contribution in [2.24, 2.45) is 5.10 Å². The van der Waals surface area contributed by atoms with Gasteiger partial charge in [-0.1, -0.05) is 6.07 Å². The molecule has 1 amide bonds. The molecule has 2 aromatic carbocycles. The van der Waals surface area contributed by atoms with Crippen molar-refractivity contribution in [3.8, 4) is 5.69 Å². The zero-order chi connectivity index (χ0) is 22.1. The molecule has 0 aliphatic heterocycles. The molecule has 1 N–H and O–H groups in total. The van der Waals surface area contributed by atoms with Gasteiger partial charge in [0.2, 0.25) is 0 Å². The number of non-ortho nitro benzene ring substituents is 1. The number of hydrogen-bond acceptors (Lipinski definition) is 5. The Morgan fingerprint density at radius 3 is 2.74 bits per heavy atom. The highest BCUT2D eigenvalue weighted by molar-refractivity contribution is 14.1. The quantitative estimate of drug-likeness (QED) is 0.168. The van der Waals surface area contributed by atoms with Crippen molar-refractivity contribution in [2.45, 2.75) is 13.8 Å². The van der Waals surface area contributed by atoms with E-state index in [1.165, 1.54) is 24.3 Å². The average Bonchev–Trinajstić information content (AvgIpc) is 3.28. The second kappa shape index (κ2) is 8.34. The van der Waals surface area contributed by atoms with Crippen LogP contribution in [0.4, 0.5) is 5.69 Å². The number of amides is 1. The van der Waals surface area contributed by atoms with Crippen molar-refractivity contribution in [2.75, 3.05) is 0 Å². The van der Waals surface area contributed by atoms with Gasteiger partial charge in [0.15, 0.2) is 5.76 Å². The maximum absolute atomic E-state index is 12.4. The number of rotatable bonds is 5. The Hall–Kier alpha value is -3.47. The molecule has 0 radical (unpaired) electrons. The fraction of sp³-hybridized carbons (Fsp3) is 0.0909. The van der Waals surface area contributed by atoms with Crippen LogP contribution >= 0.6 is 22.6 Å². The summed E-state index contributed by atoms with van der Waals surface area (Å²) in [6.45, 7) is 4.00. The lowest BCUT2D eigenvalue weighted by Crippen LogP contribution is -2.16. The smallest absolute Gasteiger partial charge is 0.307 e. The minimum atomic E-state index is -0.540. The number of nitro groups is 1. The Kier molecular flexibility index (Phi) is 5.59. The molecule has 0 saturated heterocycles. The first-order valence-electron chi connectivity index (χ1n) is 9.30. The van der Waals surface area contributed by atoms with Crippen LogP contribution in [0.3, 0.4) is 0 Å². The molecular weight excluding hydrogens is 511 g/mol. The maximum atomic E-state index is 12.4. The second-order valence-corrected chi connectivity index (χ2v) is 8.18. The molecule has 4 rings (SSSR count). The van der Waals surface area contributed by atoms with Gasteiger partial charge in [0.25, 0.3) is 5.69 Å². The predicted molar refractivity (Wildman–Crippen MR) is 126 cm³/mol. The predicted octanol–water partition coefficient (Wildman–Crippen LogP) is 5.12. The number of aromatic nitrogens is 1. The van der Waals surface area contributed by atoms with Crippen LogP contribution < -0.4 is 5.43 Å². The number of halogens is 1. The summed E-state index contributed by atoms with van der Waals surface area (Å²) in [6, 6.07) is 15.8. The first-order chi connectivity index (χ1) is 14.8. The highest BCUT2D eigenvalue weighted by atomic mass is 127.